The first-order valence-electron chi connectivity index (χ1n) is 7.26. The first-order chi connectivity index (χ1) is 11.4. The fourth-order valence-corrected chi connectivity index (χ4v) is 3.09. The summed E-state index contributed by atoms with van der Waals surface area (Å²) >= 11 is 12.1. The average Bonchev–Trinajstić information content (AvgIpc) is 2.78. The third-order valence-electron chi connectivity index (χ3n) is 3.69. The summed E-state index contributed by atoms with van der Waals surface area (Å²) in [6.07, 6.45) is 0.00719. The lowest BCUT2D eigenvalue weighted by atomic mass is 10.2. The largest absolute Gasteiger partial charge is 0.368 e. The van der Waals surface area contributed by atoms with Gasteiger partial charge in [0, 0.05) is 0 Å². The van der Waals surface area contributed by atoms with Crippen LogP contribution in [0.5, 0.6) is 0 Å². The molecule has 1 unspecified atom stereocenters. The van der Waals surface area contributed by atoms with Gasteiger partial charge in [-0.3, -0.25) is 9.59 Å². The molecule has 1 saturated heterocycles. The van der Waals surface area contributed by atoms with E-state index in [2.05, 4.69) is 15.3 Å². The van der Waals surface area contributed by atoms with Crippen LogP contribution >= 0.6 is 23.2 Å². The zero-order chi connectivity index (χ0) is 17.4. The smallest absolute Gasteiger partial charge is 0.256 e. The van der Waals surface area contributed by atoms with Gasteiger partial charge in [0.2, 0.25) is 5.91 Å². The normalized spacial score (nSPS) is 17.5. The van der Waals surface area contributed by atoms with E-state index in [1.54, 1.807) is 19.1 Å². The molecule has 2 heterocycles. The van der Waals surface area contributed by atoms with Crippen molar-refractivity contribution in [3.8, 4) is 0 Å². The zero-order valence-electron chi connectivity index (χ0n) is 13.0. The van der Waals surface area contributed by atoms with Crippen LogP contribution < -0.4 is 10.2 Å². The van der Waals surface area contributed by atoms with E-state index in [-0.39, 0.29) is 34.2 Å². The fourth-order valence-electron chi connectivity index (χ4n) is 2.51. The summed E-state index contributed by atoms with van der Waals surface area (Å²) in [7, 11) is 0. The number of aromatic nitrogens is 2. The second-order valence-electron chi connectivity index (χ2n) is 5.53. The number of imide groups is 1. The van der Waals surface area contributed by atoms with E-state index in [1.165, 1.54) is 0 Å². The number of carbonyl (C=O) groups is 2. The highest BCUT2D eigenvalue weighted by Crippen LogP contribution is 2.31. The number of amides is 2. The summed E-state index contributed by atoms with van der Waals surface area (Å²) in [6, 6.07) is 6.40. The molecule has 1 fully saturated rings. The molecular formula is C16H14Cl2N4O2. The van der Waals surface area contributed by atoms with E-state index >= 15 is 0 Å². The molecule has 1 atom stereocenters. The van der Waals surface area contributed by atoms with Crippen molar-refractivity contribution in [2.45, 2.75) is 26.3 Å². The van der Waals surface area contributed by atoms with Gasteiger partial charge in [-0.25, -0.2) is 14.9 Å². The molecule has 0 saturated carbocycles. The highest BCUT2D eigenvalue weighted by Gasteiger charge is 2.40. The summed E-state index contributed by atoms with van der Waals surface area (Å²) in [5, 5.41) is 3.12. The van der Waals surface area contributed by atoms with Crippen LogP contribution in [0.3, 0.4) is 0 Å². The third-order valence-corrected chi connectivity index (χ3v) is 4.24. The number of aryl methyl sites for hydroxylation is 2. The predicted octanol–water partition coefficient (Wildman–Crippen LogP) is 3.14. The van der Waals surface area contributed by atoms with Crippen molar-refractivity contribution in [2.24, 2.45) is 0 Å². The van der Waals surface area contributed by atoms with E-state index in [1.807, 2.05) is 19.1 Å². The molecule has 0 spiro atoms. The lowest BCUT2D eigenvalue weighted by Gasteiger charge is -2.17. The number of nitrogens with one attached hydrogen (secondary N) is 1. The van der Waals surface area contributed by atoms with Crippen LogP contribution in [0.1, 0.15) is 17.8 Å². The maximum Gasteiger partial charge on any atom is 0.256 e. The van der Waals surface area contributed by atoms with Gasteiger partial charge in [-0.1, -0.05) is 40.9 Å². The van der Waals surface area contributed by atoms with Crippen molar-refractivity contribution in [1.82, 2.24) is 9.97 Å². The number of carbonyl (C=O) groups excluding carboxylic acids is 2. The second kappa shape index (κ2) is 6.37. The molecule has 3 rings (SSSR count). The first kappa shape index (κ1) is 16.7. The highest BCUT2D eigenvalue weighted by atomic mass is 35.5. The minimum Gasteiger partial charge on any atom is -0.368 e. The van der Waals surface area contributed by atoms with E-state index in [0.29, 0.717) is 11.5 Å². The Bertz CT molecular complexity index is 800. The Balaban J connectivity index is 1.86. The van der Waals surface area contributed by atoms with Gasteiger partial charge >= 0.3 is 0 Å². The van der Waals surface area contributed by atoms with E-state index in [4.69, 9.17) is 23.2 Å². The van der Waals surface area contributed by atoms with E-state index in [9.17, 15) is 9.59 Å². The van der Waals surface area contributed by atoms with E-state index < -0.39 is 6.04 Å². The zero-order valence-corrected chi connectivity index (χ0v) is 14.5. The highest BCUT2D eigenvalue weighted by molar-refractivity contribution is 6.37. The Kier molecular flexibility index (Phi) is 4.43. The molecule has 8 heteroatoms. The average molecular weight is 365 g/mol. The number of hydrogen-bond donors (Lipinski definition) is 1. The van der Waals surface area contributed by atoms with Crippen LogP contribution in [0.2, 0.25) is 10.3 Å². The molecule has 0 radical (unpaired) electrons. The van der Waals surface area contributed by atoms with Crippen molar-refractivity contribution in [3.05, 3.63) is 46.0 Å². The lowest BCUT2D eigenvalue weighted by Crippen LogP contribution is -2.35. The van der Waals surface area contributed by atoms with Crippen LogP contribution in [0.15, 0.2) is 24.3 Å². The molecule has 2 amide bonds. The number of anilines is 2. The first-order valence-corrected chi connectivity index (χ1v) is 8.02. The molecule has 0 bridgehead atoms. The van der Waals surface area contributed by atoms with Crippen LogP contribution in [-0.2, 0) is 9.59 Å². The Morgan fingerprint density at radius 2 is 1.67 bits per heavy atom. The molecule has 1 aromatic heterocycles. The molecule has 1 aliphatic heterocycles. The Morgan fingerprint density at radius 3 is 2.25 bits per heavy atom. The van der Waals surface area contributed by atoms with Gasteiger partial charge in [0.1, 0.15) is 17.6 Å². The Labute approximate surface area is 148 Å². The van der Waals surface area contributed by atoms with Crippen molar-refractivity contribution in [3.63, 3.8) is 0 Å². The van der Waals surface area contributed by atoms with Gasteiger partial charge in [-0.2, -0.15) is 0 Å². The van der Waals surface area contributed by atoms with Crippen LogP contribution in [-0.4, -0.2) is 27.8 Å². The number of halogens is 2. The molecule has 1 aromatic carbocycles. The van der Waals surface area contributed by atoms with Gasteiger partial charge in [0.15, 0.2) is 10.3 Å². The van der Waals surface area contributed by atoms with Crippen molar-refractivity contribution >= 4 is 46.4 Å². The van der Waals surface area contributed by atoms with Crippen LogP contribution in [0, 0.1) is 13.8 Å². The number of rotatable bonds is 3. The standard InChI is InChI=1S/C16H14Cl2N4O2/c1-8-3-5-10(6-4-8)22-12(23)7-11(16(22)24)21-13-14(17)19-9(2)20-15(13)18/h3-6,11,21H,7H2,1-2H3. The SMILES string of the molecule is Cc1ccc(N2C(=O)CC(Nc3c(Cl)nc(C)nc3Cl)C2=O)cc1. The van der Waals surface area contributed by atoms with Gasteiger partial charge in [-0.15, -0.1) is 0 Å². The molecule has 24 heavy (non-hydrogen) atoms. The summed E-state index contributed by atoms with van der Waals surface area (Å²) in [6.45, 7) is 3.59. The molecule has 0 aliphatic carbocycles. The van der Waals surface area contributed by atoms with Gasteiger partial charge in [-0.05, 0) is 26.0 Å². The van der Waals surface area contributed by atoms with Crippen molar-refractivity contribution in [2.75, 3.05) is 10.2 Å². The van der Waals surface area contributed by atoms with Crippen molar-refractivity contribution < 1.29 is 9.59 Å². The molecule has 6 nitrogen and oxygen atoms in total. The summed E-state index contributed by atoms with van der Waals surface area (Å²) in [5.74, 6) is -0.233. The van der Waals surface area contributed by atoms with E-state index in [0.717, 1.165) is 10.5 Å². The number of benzene rings is 1. The minimum absolute atomic E-state index is 0.00719. The second-order valence-corrected chi connectivity index (χ2v) is 6.25. The maximum atomic E-state index is 12.6. The summed E-state index contributed by atoms with van der Waals surface area (Å²) < 4.78 is 0. The third kappa shape index (κ3) is 3.07. The van der Waals surface area contributed by atoms with Gasteiger partial charge in [0.05, 0.1) is 12.1 Å². The minimum atomic E-state index is -0.764. The molecule has 1 aliphatic rings. The maximum absolute atomic E-state index is 12.6. The number of hydrogen-bond acceptors (Lipinski definition) is 5. The number of nitrogens with zero attached hydrogens (tertiary/aromatic N) is 3. The van der Waals surface area contributed by atoms with Crippen LogP contribution in [0.25, 0.3) is 0 Å². The van der Waals surface area contributed by atoms with Gasteiger partial charge in [0.25, 0.3) is 5.91 Å². The van der Waals surface area contributed by atoms with Crippen LogP contribution in [0.4, 0.5) is 11.4 Å². The topological polar surface area (TPSA) is 75.2 Å². The fraction of sp³-hybridized carbons (Fsp3) is 0.250. The molecular weight excluding hydrogens is 351 g/mol. The summed E-state index contributed by atoms with van der Waals surface area (Å²) in [5.41, 5.74) is 1.83. The molecule has 2 aromatic rings. The Morgan fingerprint density at radius 1 is 1.08 bits per heavy atom. The summed E-state index contributed by atoms with van der Waals surface area (Å²) in [4.78, 5) is 34.0. The predicted molar refractivity (Wildman–Crippen MR) is 92.5 cm³/mol. The lowest BCUT2D eigenvalue weighted by molar-refractivity contribution is -0.121. The van der Waals surface area contributed by atoms with Crippen molar-refractivity contribution in [1.29, 1.82) is 0 Å². The monoisotopic (exact) mass is 364 g/mol. The van der Waals surface area contributed by atoms with Gasteiger partial charge < -0.3 is 5.32 Å². The quantitative estimate of drug-likeness (QED) is 0.668. The molecule has 124 valence electrons. The Hall–Kier alpha value is -2.18. The molecule has 1 N–H and O–H groups in total.